The molecule has 0 atom stereocenters. The number of benzene rings is 3. The van der Waals surface area contributed by atoms with Crippen molar-refractivity contribution in [1.82, 2.24) is 0 Å². The van der Waals surface area contributed by atoms with Crippen LogP contribution in [0, 0.1) is 10.1 Å². The van der Waals surface area contributed by atoms with Gasteiger partial charge in [-0.25, -0.2) is 0 Å². The fraction of sp³-hybridized carbons (Fsp3) is 0.0526. The van der Waals surface area contributed by atoms with Crippen LogP contribution < -0.4 is 10.1 Å². The highest BCUT2D eigenvalue weighted by molar-refractivity contribution is 6.32. The van der Waals surface area contributed by atoms with E-state index in [0.29, 0.717) is 28.8 Å². The van der Waals surface area contributed by atoms with Gasteiger partial charge < -0.3 is 10.1 Å². The van der Waals surface area contributed by atoms with Gasteiger partial charge >= 0.3 is 0 Å². The van der Waals surface area contributed by atoms with Gasteiger partial charge in [0.05, 0.1) is 9.95 Å². The van der Waals surface area contributed by atoms with Crippen LogP contribution in [0.3, 0.4) is 0 Å². The summed E-state index contributed by atoms with van der Waals surface area (Å²) >= 11 is 6.27. The van der Waals surface area contributed by atoms with Gasteiger partial charge in [0.15, 0.2) is 0 Å². The molecule has 0 radical (unpaired) electrons. The van der Waals surface area contributed by atoms with Gasteiger partial charge in [-0.15, -0.1) is 0 Å². The zero-order valence-corrected chi connectivity index (χ0v) is 13.9. The SMILES string of the molecule is O=[N+]([O-])c1ccccc1Nc1ccc(OCc2ccccc2)c(Cl)c1. The van der Waals surface area contributed by atoms with E-state index in [0.717, 1.165) is 5.56 Å². The lowest BCUT2D eigenvalue weighted by Crippen LogP contribution is -1.98. The van der Waals surface area contributed by atoms with Crippen molar-refractivity contribution in [3.63, 3.8) is 0 Å². The third-order valence-electron chi connectivity index (χ3n) is 3.55. The van der Waals surface area contributed by atoms with Crippen molar-refractivity contribution in [1.29, 1.82) is 0 Å². The minimum absolute atomic E-state index is 0.00280. The van der Waals surface area contributed by atoms with E-state index in [2.05, 4.69) is 5.32 Å². The molecule has 25 heavy (non-hydrogen) atoms. The first kappa shape index (κ1) is 16.8. The number of nitro groups is 1. The van der Waals surface area contributed by atoms with E-state index >= 15 is 0 Å². The molecule has 3 aromatic rings. The normalized spacial score (nSPS) is 10.3. The summed E-state index contributed by atoms with van der Waals surface area (Å²) < 4.78 is 5.72. The molecular formula is C19H15ClN2O3. The lowest BCUT2D eigenvalue weighted by Gasteiger charge is -2.11. The van der Waals surface area contributed by atoms with Crippen LogP contribution in [0.4, 0.5) is 17.1 Å². The number of nitro benzene ring substituents is 1. The van der Waals surface area contributed by atoms with Crippen LogP contribution in [0.15, 0.2) is 72.8 Å². The predicted octanol–water partition coefficient (Wildman–Crippen LogP) is 5.57. The van der Waals surface area contributed by atoms with Crippen molar-refractivity contribution in [2.24, 2.45) is 0 Å². The highest BCUT2D eigenvalue weighted by Gasteiger charge is 2.13. The van der Waals surface area contributed by atoms with Crippen molar-refractivity contribution < 1.29 is 9.66 Å². The van der Waals surface area contributed by atoms with Gasteiger partial charge in [-0.1, -0.05) is 54.1 Å². The fourth-order valence-electron chi connectivity index (χ4n) is 2.33. The second-order valence-corrected chi connectivity index (χ2v) is 5.73. The maximum atomic E-state index is 11.1. The van der Waals surface area contributed by atoms with Crippen molar-refractivity contribution in [2.45, 2.75) is 6.61 Å². The summed E-state index contributed by atoms with van der Waals surface area (Å²) in [4.78, 5) is 10.6. The molecule has 0 bridgehead atoms. The molecule has 0 heterocycles. The molecule has 0 aromatic heterocycles. The Morgan fingerprint density at radius 2 is 1.72 bits per heavy atom. The van der Waals surface area contributed by atoms with E-state index < -0.39 is 4.92 Å². The lowest BCUT2D eigenvalue weighted by atomic mass is 10.2. The first-order valence-corrected chi connectivity index (χ1v) is 7.98. The zero-order chi connectivity index (χ0) is 17.6. The van der Waals surface area contributed by atoms with Crippen LogP contribution in [0.25, 0.3) is 0 Å². The molecule has 0 saturated carbocycles. The summed E-state index contributed by atoms with van der Waals surface area (Å²) in [7, 11) is 0. The van der Waals surface area contributed by atoms with Gasteiger partial charge in [0, 0.05) is 11.8 Å². The van der Waals surface area contributed by atoms with E-state index in [1.54, 1.807) is 36.4 Å². The minimum Gasteiger partial charge on any atom is -0.487 e. The number of hydrogen-bond acceptors (Lipinski definition) is 4. The summed E-state index contributed by atoms with van der Waals surface area (Å²) in [6, 6.07) is 21.4. The van der Waals surface area contributed by atoms with Gasteiger partial charge in [-0.05, 0) is 29.8 Å². The second kappa shape index (κ2) is 7.68. The van der Waals surface area contributed by atoms with Gasteiger partial charge in [0.2, 0.25) is 0 Å². The maximum absolute atomic E-state index is 11.1. The topological polar surface area (TPSA) is 64.4 Å². The summed E-state index contributed by atoms with van der Waals surface area (Å²) in [5.74, 6) is 0.554. The van der Waals surface area contributed by atoms with Crippen LogP contribution in [-0.2, 0) is 6.61 Å². The van der Waals surface area contributed by atoms with E-state index in [-0.39, 0.29) is 5.69 Å². The third-order valence-corrected chi connectivity index (χ3v) is 3.84. The van der Waals surface area contributed by atoms with Crippen molar-refractivity contribution in [2.75, 3.05) is 5.32 Å². The van der Waals surface area contributed by atoms with Crippen LogP contribution in [-0.4, -0.2) is 4.92 Å². The molecule has 0 fully saturated rings. The van der Waals surface area contributed by atoms with Crippen molar-refractivity contribution in [3.05, 3.63) is 93.5 Å². The van der Waals surface area contributed by atoms with E-state index in [1.807, 2.05) is 30.3 Å². The Kier molecular flexibility index (Phi) is 5.16. The Bertz CT molecular complexity index is 885. The Hall–Kier alpha value is -3.05. The predicted molar refractivity (Wildman–Crippen MR) is 98.6 cm³/mol. The second-order valence-electron chi connectivity index (χ2n) is 5.32. The Labute approximate surface area is 150 Å². The molecule has 6 heteroatoms. The number of rotatable bonds is 6. The van der Waals surface area contributed by atoms with Gasteiger partial charge in [0.25, 0.3) is 5.69 Å². The molecule has 1 N–H and O–H groups in total. The van der Waals surface area contributed by atoms with Gasteiger partial charge in [0.1, 0.15) is 18.0 Å². The first-order chi connectivity index (χ1) is 12.1. The summed E-state index contributed by atoms with van der Waals surface area (Å²) in [6.45, 7) is 0.414. The van der Waals surface area contributed by atoms with E-state index in [9.17, 15) is 10.1 Å². The summed E-state index contributed by atoms with van der Waals surface area (Å²) in [5.41, 5.74) is 2.09. The highest BCUT2D eigenvalue weighted by Crippen LogP contribution is 2.32. The molecule has 0 amide bonds. The molecule has 0 unspecified atom stereocenters. The van der Waals surface area contributed by atoms with Crippen molar-refractivity contribution >= 4 is 28.7 Å². The van der Waals surface area contributed by atoms with Crippen LogP contribution in [0.5, 0.6) is 5.75 Å². The Morgan fingerprint density at radius 3 is 2.44 bits per heavy atom. The molecule has 0 saturated heterocycles. The quantitative estimate of drug-likeness (QED) is 0.464. The van der Waals surface area contributed by atoms with E-state index in [1.165, 1.54) is 6.07 Å². The smallest absolute Gasteiger partial charge is 0.292 e. The molecular weight excluding hydrogens is 340 g/mol. The molecule has 0 aliphatic rings. The maximum Gasteiger partial charge on any atom is 0.292 e. The first-order valence-electron chi connectivity index (χ1n) is 7.60. The van der Waals surface area contributed by atoms with Gasteiger partial charge in [-0.3, -0.25) is 10.1 Å². The number of ether oxygens (including phenoxy) is 1. The number of para-hydroxylation sites is 2. The fourth-order valence-corrected chi connectivity index (χ4v) is 2.56. The third kappa shape index (κ3) is 4.28. The number of nitrogens with zero attached hydrogens (tertiary/aromatic N) is 1. The molecule has 3 aromatic carbocycles. The number of hydrogen-bond donors (Lipinski definition) is 1. The van der Waals surface area contributed by atoms with E-state index in [4.69, 9.17) is 16.3 Å². The average molecular weight is 355 g/mol. The monoisotopic (exact) mass is 354 g/mol. The lowest BCUT2D eigenvalue weighted by molar-refractivity contribution is -0.383. The summed E-state index contributed by atoms with van der Waals surface area (Å²) in [6.07, 6.45) is 0. The van der Waals surface area contributed by atoms with Crippen LogP contribution >= 0.6 is 11.6 Å². The molecule has 0 spiro atoms. The summed E-state index contributed by atoms with van der Waals surface area (Å²) in [5, 5.41) is 14.5. The van der Waals surface area contributed by atoms with Crippen LogP contribution in [0.2, 0.25) is 5.02 Å². The standard InChI is InChI=1S/C19H15ClN2O3/c20-16-12-15(21-17-8-4-5-9-18(17)22(23)24)10-11-19(16)25-13-14-6-2-1-3-7-14/h1-12,21H,13H2. The van der Waals surface area contributed by atoms with Crippen molar-refractivity contribution in [3.8, 4) is 5.75 Å². The molecule has 0 aliphatic heterocycles. The number of halogens is 1. The zero-order valence-electron chi connectivity index (χ0n) is 13.2. The number of nitrogens with one attached hydrogen (secondary N) is 1. The number of anilines is 2. The Balaban J connectivity index is 1.73. The molecule has 0 aliphatic carbocycles. The average Bonchev–Trinajstić information content (AvgIpc) is 2.62. The molecule has 3 rings (SSSR count). The molecule has 5 nitrogen and oxygen atoms in total. The molecule has 126 valence electrons. The van der Waals surface area contributed by atoms with Crippen LogP contribution in [0.1, 0.15) is 5.56 Å². The minimum atomic E-state index is -0.429. The largest absolute Gasteiger partial charge is 0.487 e. The van der Waals surface area contributed by atoms with Gasteiger partial charge in [-0.2, -0.15) is 0 Å². The Morgan fingerprint density at radius 1 is 1.00 bits per heavy atom. The highest BCUT2D eigenvalue weighted by atomic mass is 35.5.